The van der Waals surface area contributed by atoms with Gasteiger partial charge in [0.2, 0.25) is 5.95 Å². The predicted molar refractivity (Wildman–Crippen MR) is 115 cm³/mol. The number of nitrogens with zero attached hydrogens (tertiary/aromatic N) is 6. The molecule has 1 saturated heterocycles. The van der Waals surface area contributed by atoms with Crippen LogP contribution in [0, 0.1) is 11.3 Å². The Labute approximate surface area is 181 Å². The third-order valence-electron chi connectivity index (χ3n) is 5.67. The number of aromatic nitrogens is 4. The van der Waals surface area contributed by atoms with E-state index in [-0.39, 0.29) is 12.5 Å². The number of aliphatic imine (C=N–C) groups is 1. The molecule has 0 saturated carbocycles. The highest BCUT2D eigenvalue weighted by molar-refractivity contribution is 6.09. The maximum Gasteiger partial charge on any atom is 0.429 e. The fraction of sp³-hybridized carbons (Fsp3) is 0.450. The number of anilines is 1. The van der Waals surface area contributed by atoms with Gasteiger partial charge in [-0.2, -0.15) is 17.7 Å². The Hall–Kier alpha value is -3.28. The number of hydrogen-bond donors (Lipinski definition) is 2. The summed E-state index contributed by atoms with van der Waals surface area (Å²) in [6.45, 7) is 1.10. The van der Waals surface area contributed by atoms with E-state index in [0.29, 0.717) is 54.4 Å². The van der Waals surface area contributed by atoms with Crippen molar-refractivity contribution >= 4 is 33.9 Å². The minimum Gasteiger partial charge on any atom is -0.494 e. The number of benzene rings is 1. The summed E-state index contributed by atoms with van der Waals surface area (Å²) in [4.78, 5) is 14.8. The number of piperidine rings is 1. The Morgan fingerprint density at radius 2 is 2.12 bits per heavy atom. The number of nitrogens with one attached hydrogen (secondary N) is 1. The first-order valence-electron chi connectivity index (χ1n) is 10.0. The maximum atomic E-state index is 13.1. The molecule has 0 aliphatic carbocycles. The topological polar surface area (TPSA) is 118 Å². The highest BCUT2D eigenvalue weighted by atomic mass is 19.4. The molecule has 2 aromatic heterocycles. The summed E-state index contributed by atoms with van der Waals surface area (Å²) in [5.41, 5.74) is 6.33. The third-order valence-corrected chi connectivity index (χ3v) is 5.67. The number of hydrogen-bond acceptors (Lipinski definition) is 8. The second-order valence-electron chi connectivity index (χ2n) is 7.57. The first-order chi connectivity index (χ1) is 15.2. The lowest BCUT2D eigenvalue weighted by Gasteiger charge is -2.34. The van der Waals surface area contributed by atoms with Crippen molar-refractivity contribution in [2.75, 3.05) is 39.5 Å². The number of alkyl halides is 3. The lowest BCUT2D eigenvalue weighted by molar-refractivity contribution is -0.0632. The Kier molecular flexibility index (Phi) is 5.71. The van der Waals surface area contributed by atoms with Gasteiger partial charge in [-0.25, -0.2) is 9.97 Å². The molecule has 0 radical (unpaired) electrons. The summed E-state index contributed by atoms with van der Waals surface area (Å²) in [5, 5.41) is 12.7. The van der Waals surface area contributed by atoms with E-state index in [1.54, 1.807) is 13.2 Å². The number of methoxy groups -OCH3 is 1. The normalized spacial score (nSPS) is 19.2. The van der Waals surface area contributed by atoms with Crippen molar-refractivity contribution in [3.05, 3.63) is 24.0 Å². The van der Waals surface area contributed by atoms with Gasteiger partial charge >= 0.3 is 6.18 Å². The van der Waals surface area contributed by atoms with Crippen molar-refractivity contribution in [3.63, 3.8) is 0 Å². The van der Waals surface area contributed by atoms with Gasteiger partial charge in [0.15, 0.2) is 11.5 Å². The first kappa shape index (κ1) is 21.9. The summed E-state index contributed by atoms with van der Waals surface area (Å²) < 4.78 is 46.1. The van der Waals surface area contributed by atoms with Crippen LogP contribution in [-0.2, 0) is 6.42 Å². The van der Waals surface area contributed by atoms with Gasteiger partial charge in [-0.05, 0) is 18.6 Å². The average Bonchev–Trinajstić information content (AvgIpc) is 3.21. The van der Waals surface area contributed by atoms with Crippen LogP contribution < -0.4 is 10.5 Å². The SMILES string of the molecule is CN=C1CCN(CCc2nc3c4cccc(OC)c4nc(N)n3n2)CC1C(=N)C(F)(F)F. The van der Waals surface area contributed by atoms with Crippen LogP contribution >= 0.6 is 0 Å². The second kappa shape index (κ2) is 8.34. The summed E-state index contributed by atoms with van der Waals surface area (Å²) in [6, 6.07) is 5.45. The number of para-hydroxylation sites is 1. The van der Waals surface area contributed by atoms with Crippen molar-refractivity contribution < 1.29 is 17.9 Å². The number of nitrogen functional groups attached to an aromatic ring is 1. The zero-order valence-corrected chi connectivity index (χ0v) is 17.6. The van der Waals surface area contributed by atoms with E-state index in [9.17, 15) is 13.2 Å². The van der Waals surface area contributed by atoms with Gasteiger partial charge < -0.3 is 15.4 Å². The average molecular weight is 448 g/mol. The molecule has 1 fully saturated rings. The second-order valence-corrected chi connectivity index (χ2v) is 7.57. The van der Waals surface area contributed by atoms with E-state index in [2.05, 4.69) is 20.1 Å². The molecule has 170 valence electrons. The van der Waals surface area contributed by atoms with Gasteiger partial charge in [0, 0.05) is 44.2 Å². The van der Waals surface area contributed by atoms with Gasteiger partial charge in [0.05, 0.1) is 13.0 Å². The van der Waals surface area contributed by atoms with Crippen LogP contribution in [0.4, 0.5) is 19.1 Å². The summed E-state index contributed by atoms with van der Waals surface area (Å²) in [5.74, 6) is 0.183. The molecule has 3 heterocycles. The molecule has 1 aliphatic heterocycles. The first-order valence-corrected chi connectivity index (χ1v) is 10.0. The standard InChI is InChI=1S/C20H23F3N8O/c1-26-13-6-8-30(10-12(13)17(24)20(21,22)23)9-7-15-27-18-11-4-3-5-14(32-2)16(11)28-19(25)31(18)29-15/h3-5,12,24H,6-10H2,1-2H3,(H2,25,28). The van der Waals surface area contributed by atoms with Crippen LogP contribution in [0.1, 0.15) is 12.2 Å². The van der Waals surface area contributed by atoms with Crippen molar-refractivity contribution in [1.82, 2.24) is 24.5 Å². The smallest absolute Gasteiger partial charge is 0.429 e. The Balaban J connectivity index is 1.55. The molecule has 0 amide bonds. The van der Waals surface area contributed by atoms with Gasteiger partial charge in [-0.15, -0.1) is 5.10 Å². The molecule has 3 aromatic rings. The Morgan fingerprint density at radius 3 is 2.81 bits per heavy atom. The Morgan fingerprint density at radius 1 is 1.34 bits per heavy atom. The van der Waals surface area contributed by atoms with Crippen LogP contribution in [-0.4, -0.2) is 75.9 Å². The van der Waals surface area contributed by atoms with Crippen molar-refractivity contribution in [2.24, 2.45) is 10.9 Å². The Bertz CT molecular complexity index is 1200. The van der Waals surface area contributed by atoms with Crippen molar-refractivity contribution in [1.29, 1.82) is 5.41 Å². The molecule has 0 spiro atoms. The van der Waals surface area contributed by atoms with Gasteiger partial charge in [0.25, 0.3) is 0 Å². The van der Waals surface area contributed by atoms with Crippen LogP contribution in [0.5, 0.6) is 5.75 Å². The summed E-state index contributed by atoms with van der Waals surface area (Å²) >= 11 is 0. The molecular weight excluding hydrogens is 425 g/mol. The highest BCUT2D eigenvalue weighted by Gasteiger charge is 2.43. The molecule has 9 nitrogen and oxygen atoms in total. The highest BCUT2D eigenvalue weighted by Crippen LogP contribution is 2.28. The van der Waals surface area contributed by atoms with Crippen LogP contribution in [0.3, 0.4) is 0 Å². The molecule has 4 rings (SSSR count). The lowest BCUT2D eigenvalue weighted by Crippen LogP contribution is -2.48. The third kappa shape index (κ3) is 3.97. The van der Waals surface area contributed by atoms with Crippen molar-refractivity contribution in [3.8, 4) is 5.75 Å². The van der Waals surface area contributed by atoms with E-state index in [1.165, 1.54) is 11.6 Å². The van der Waals surface area contributed by atoms with Crippen molar-refractivity contribution in [2.45, 2.75) is 19.0 Å². The number of fused-ring (bicyclic) bond motifs is 3. The largest absolute Gasteiger partial charge is 0.494 e. The molecule has 32 heavy (non-hydrogen) atoms. The van der Waals surface area contributed by atoms with E-state index >= 15 is 0 Å². The number of ether oxygens (including phenoxy) is 1. The monoisotopic (exact) mass is 448 g/mol. The maximum absolute atomic E-state index is 13.1. The van der Waals surface area contributed by atoms with Gasteiger partial charge in [0.1, 0.15) is 17.0 Å². The molecule has 1 aliphatic rings. The quantitative estimate of drug-likeness (QED) is 0.579. The van der Waals surface area contributed by atoms with Crippen LogP contribution in [0.25, 0.3) is 16.6 Å². The molecule has 1 unspecified atom stereocenters. The summed E-state index contributed by atoms with van der Waals surface area (Å²) in [7, 11) is 3.02. The minimum atomic E-state index is -4.67. The van der Waals surface area contributed by atoms with Gasteiger partial charge in [-0.1, -0.05) is 6.07 Å². The number of nitrogens with two attached hydrogens (primary N) is 1. The zero-order chi connectivity index (χ0) is 23.0. The van der Waals surface area contributed by atoms with E-state index < -0.39 is 17.8 Å². The number of halogens is 3. The molecule has 1 atom stereocenters. The van der Waals surface area contributed by atoms with E-state index in [1.807, 2.05) is 17.0 Å². The fourth-order valence-electron chi connectivity index (χ4n) is 4.03. The van der Waals surface area contributed by atoms with Crippen LogP contribution in [0.15, 0.2) is 23.2 Å². The van der Waals surface area contributed by atoms with Gasteiger partial charge in [-0.3, -0.25) is 10.4 Å². The van der Waals surface area contributed by atoms with Crippen LogP contribution in [0.2, 0.25) is 0 Å². The lowest BCUT2D eigenvalue weighted by atomic mass is 9.90. The molecule has 0 bridgehead atoms. The number of likely N-dealkylation sites (tertiary alicyclic amines) is 1. The zero-order valence-electron chi connectivity index (χ0n) is 17.6. The van der Waals surface area contributed by atoms with E-state index in [0.717, 1.165) is 5.39 Å². The molecule has 3 N–H and O–H groups in total. The minimum absolute atomic E-state index is 0.0855. The molecular formula is C20H23F3N8O. The molecule has 12 heteroatoms. The number of rotatable bonds is 5. The van der Waals surface area contributed by atoms with E-state index in [4.69, 9.17) is 15.9 Å². The molecule has 1 aromatic carbocycles. The fourth-order valence-corrected chi connectivity index (χ4v) is 4.03. The summed E-state index contributed by atoms with van der Waals surface area (Å²) in [6.07, 6.45) is -3.86. The predicted octanol–water partition coefficient (Wildman–Crippen LogP) is 2.39.